The first-order valence-electron chi connectivity index (χ1n) is 7.32. The van der Waals surface area contributed by atoms with Crippen LogP contribution in [0.15, 0.2) is 24.5 Å². The van der Waals surface area contributed by atoms with Crippen molar-refractivity contribution in [2.75, 3.05) is 44.2 Å². The van der Waals surface area contributed by atoms with Gasteiger partial charge in [0.15, 0.2) is 0 Å². The van der Waals surface area contributed by atoms with E-state index in [1.54, 1.807) is 0 Å². The van der Waals surface area contributed by atoms with Gasteiger partial charge in [0.05, 0.1) is 6.61 Å². The second-order valence-electron chi connectivity index (χ2n) is 4.94. The van der Waals surface area contributed by atoms with Gasteiger partial charge in [0.25, 0.3) is 0 Å². The standard InChI is InChI=1S/C15H23N3O2/c1-2-20-15(19)4-3-9-17-10-12-18(13-11-17)14-5-7-16-8-6-14/h5-8H,2-4,9-13H2,1H3. The van der Waals surface area contributed by atoms with Gasteiger partial charge in [0.2, 0.25) is 0 Å². The van der Waals surface area contributed by atoms with Crippen LogP contribution in [0.5, 0.6) is 0 Å². The number of anilines is 1. The minimum Gasteiger partial charge on any atom is -0.466 e. The van der Waals surface area contributed by atoms with Crippen molar-refractivity contribution in [2.45, 2.75) is 19.8 Å². The summed E-state index contributed by atoms with van der Waals surface area (Å²) >= 11 is 0. The van der Waals surface area contributed by atoms with Gasteiger partial charge in [-0.3, -0.25) is 14.7 Å². The Bertz CT molecular complexity index is 403. The van der Waals surface area contributed by atoms with Gasteiger partial charge in [-0.1, -0.05) is 0 Å². The number of piperazine rings is 1. The maximum absolute atomic E-state index is 11.3. The third-order valence-corrected chi connectivity index (χ3v) is 3.56. The van der Waals surface area contributed by atoms with E-state index in [1.807, 2.05) is 19.3 Å². The van der Waals surface area contributed by atoms with Crippen LogP contribution in [0.2, 0.25) is 0 Å². The zero-order valence-corrected chi connectivity index (χ0v) is 12.1. The smallest absolute Gasteiger partial charge is 0.305 e. The number of hydrogen-bond acceptors (Lipinski definition) is 5. The lowest BCUT2D eigenvalue weighted by molar-refractivity contribution is -0.143. The molecule has 2 rings (SSSR count). The Labute approximate surface area is 120 Å². The van der Waals surface area contributed by atoms with Crippen molar-refractivity contribution in [2.24, 2.45) is 0 Å². The van der Waals surface area contributed by atoms with Gasteiger partial charge >= 0.3 is 5.97 Å². The Balaban J connectivity index is 1.66. The fourth-order valence-corrected chi connectivity index (χ4v) is 2.46. The Hall–Kier alpha value is -1.62. The zero-order valence-electron chi connectivity index (χ0n) is 12.1. The van der Waals surface area contributed by atoms with Crippen molar-refractivity contribution in [3.05, 3.63) is 24.5 Å². The second kappa shape index (κ2) is 7.85. The number of aromatic nitrogens is 1. The number of carbonyl (C=O) groups excluding carboxylic acids is 1. The Morgan fingerprint density at radius 2 is 1.95 bits per heavy atom. The summed E-state index contributed by atoms with van der Waals surface area (Å²) in [6.07, 6.45) is 5.08. The lowest BCUT2D eigenvalue weighted by Gasteiger charge is -2.36. The topological polar surface area (TPSA) is 45.7 Å². The van der Waals surface area contributed by atoms with Crippen molar-refractivity contribution in [1.29, 1.82) is 0 Å². The molecule has 5 heteroatoms. The predicted molar refractivity (Wildman–Crippen MR) is 78.8 cm³/mol. The first kappa shape index (κ1) is 14.8. The van der Waals surface area contributed by atoms with Crippen LogP contribution in [0.4, 0.5) is 5.69 Å². The maximum Gasteiger partial charge on any atom is 0.305 e. The van der Waals surface area contributed by atoms with Gasteiger partial charge in [-0.2, -0.15) is 0 Å². The van der Waals surface area contributed by atoms with Crippen molar-refractivity contribution in [3.8, 4) is 0 Å². The number of rotatable bonds is 6. The summed E-state index contributed by atoms with van der Waals surface area (Å²) < 4.78 is 4.93. The summed E-state index contributed by atoms with van der Waals surface area (Å²) in [5, 5.41) is 0. The minimum atomic E-state index is -0.0806. The third kappa shape index (κ3) is 4.49. The van der Waals surface area contributed by atoms with Gasteiger partial charge in [-0.15, -0.1) is 0 Å². The molecule has 0 saturated carbocycles. The third-order valence-electron chi connectivity index (χ3n) is 3.56. The Morgan fingerprint density at radius 1 is 1.25 bits per heavy atom. The molecule has 0 amide bonds. The molecule has 1 aliphatic rings. The normalized spacial score (nSPS) is 16.1. The number of carbonyl (C=O) groups is 1. The summed E-state index contributed by atoms with van der Waals surface area (Å²) in [6.45, 7) is 7.45. The molecule has 1 fully saturated rings. The molecule has 1 aliphatic heterocycles. The van der Waals surface area contributed by atoms with E-state index in [1.165, 1.54) is 5.69 Å². The van der Waals surface area contributed by atoms with E-state index in [4.69, 9.17) is 4.74 Å². The van der Waals surface area contributed by atoms with E-state index in [0.29, 0.717) is 13.0 Å². The number of pyridine rings is 1. The molecule has 0 atom stereocenters. The van der Waals surface area contributed by atoms with E-state index < -0.39 is 0 Å². The molecule has 0 radical (unpaired) electrons. The lowest BCUT2D eigenvalue weighted by atomic mass is 10.2. The quantitative estimate of drug-likeness (QED) is 0.738. The van der Waals surface area contributed by atoms with Gasteiger partial charge in [0.1, 0.15) is 0 Å². The minimum absolute atomic E-state index is 0.0806. The molecule has 0 bridgehead atoms. The van der Waals surface area contributed by atoms with E-state index in [-0.39, 0.29) is 5.97 Å². The molecule has 1 aromatic rings. The summed E-state index contributed by atoms with van der Waals surface area (Å²) in [4.78, 5) is 20.1. The van der Waals surface area contributed by atoms with E-state index in [9.17, 15) is 4.79 Å². The van der Waals surface area contributed by atoms with Crippen LogP contribution in [0.25, 0.3) is 0 Å². The molecule has 0 unspecified atom stereocenters. The largest absolute Gasteiger partial charge is 0.466 e. The number of ether oxygens (including phenoxy) is 1. The highest BCUT2D eigenvalue weighted by Crippen LogP contribution is 2.14. The summed E-state index contributed by atoms with van der Waals surface area (Å²) in [5.74, 6) is -0.0806. The molecular formula is C15H23N3O2. The van der Waals surface area contributed by atoms with Crippen LogP contribution in [0.3, 0.4) is 0 Å². The second-order valence-corrected chi connectivity index (χ2v) is 4.94. The Kier molecular flexibility index (Phi) is 5.80. The van der Waals surface area contributed by atoms with Crippen molar-refractivity contribution in [3.63, 3.8) is 0 Å². The lowest BCUT2D eigenvalue weighted by Crippen LogP contribution is -2.46. The van der Waals surface area contributed by atoms with Crippen LogP contribution >= 0.6 is 0 Å². The number of hydrogen-bond donors (Lipinski definition) is 0. The molecule has 5 nitrogen and oxygen atoms in total. The monoisotopic (exact) mass is 277 g/mol. The number of esters is 1. The molecule has 1 aromatic heterocycles. The molecule has 2 heterocycles. The zero-order chi connectivity index (χ0) is 14.2. The molecule has 110 valence electrons. The average Bonchev–Trinajstić information content (AvgIpc) is 2.49. The van der Waals surface area contributed by atoms with Crippen LogP contribution in [-0.2, 0) is 9.53 Å². The SMILES string of the molecule is CCOC(=O)CCCN1CCN(c2ccncc2)CC1. The van der Waals surface area contributed by atoms with Gasteiger partial charge in [0, 0.05) is 50.7 Å². The molecule has 0 aromatic carbocycles. The van der Waals surface area contributed by atoms with Crippen molar-refractivity contribution >= 4 is 11.7 Å². The van der Waals surface area contributed by atoms with Crippen LogP contribution < -0.4 is 4.90 Å². The van der Waals surface area contributed by atoms with Crippen LogP contribution in [0, 0.1) is 0 Å². The van der Waals surface area contributed by atoms with E-state index >= 15 is 0 Å². The molecule has 1 saturated heterocycles. The van der Waals surface area contributed by atoms with Crippen LogP contribution in [-0.4, -0.2) is 55.2 Å². The van der Waals surface area contributed by atoms with Gasteiger partial charge < -0.3 is 9.64 Å². The average molecular weight is 277 g/mol. The highest BCUT2D eigenvalue weighted by Gasteiger charge is 2.16. The Morgan fingerprint density at radius 3 is 2.60 bits per heavy atom. The fourth-order valence-electron chi connectivity index (χ4n) is 2.46. The first-order chi connectivity index (χ1) is 9.79. The fraction of sp³-hybridized carbons (Fsp3) is 0.600. The molecule has 20 heavy (non-hydrogen) atoms. The highest BCUT2D eigenvalue weighted by molar-refractivity contribution is 5.69. The van der Waals surface area contributed by atoms with E-state index in [2.05, 4.69) is 26.9 Å². The molecule has 0 aliphatic carbocycles. The van der Waals surface area contributed by atoms with Gasteiger partial charge in [-0.25, -0.2) is 0 Å². The number of nitrogens with zero attached hydrogens (tertiary/aromatic N) is 3. The molecule has 0 N–H and O–H groups in total. The molecular weight excluding hydrogens is 254 g/mol. The summed E-state index contributed by atoms with van der Waals surface area (Å²) in [5.41, 5.74) is 1.24. The van der Waals surface area contributed by atoms with Crippen molar-refractivity contribution < 1.29 is 9.53 Å². The molecule has 0 spiro atoms. The first-order valence-corrected chi connectivity index (χ1v) is 7.32. The van der Waals surface area contributed by atoms with E-state index in [0.717, 1.165) is 39.1 Å². The van der Waals surface area contributed by atoms with Gasteiger partial charge in [-0.05, 0) is 32.0 Å². The summed E-state index contributed by atoms with van der Waals surface area (Å²) in [6, 6.07) is 4.10. The maximum atomic E-state index is 11.3. The van der Waals surface area contributed by atoms with Crippen molar-refractivity contribution in [1.82, 2.24) is 9.88 Å². The predicted octanol–water partition coefficient (Wildman–Crippen LogP) is 1.55. The van der Waals surface area contributed by atoms with Crippen LogP contribution in [0.1, 0.15) is 19.8 Å². The highest BCUT2D eigenvalue weighted by atomic mass is 16.5. The summed E-state index contributed by atoms with van der Waals surface area (Å²) in [7, 11) is 0.